The molecule has 0 bridgehead atoms. The fourth-order valence-electron chi connectivity index (χ4n) is 5.31. The molecule has 2 aliphatic rings. The van der Waals surface area contributed by atoms with E-state index in [1.807, 2.05) is 12.1 Å². The molecule has 35 heavy (non-hydrogen) atoms. The molecule has 8 heteroatoms. The van der Waals surface area contributed by atoms with E-state index < -0.39 is 18.1 Å². The van der Waals surface area contributed by atoms with Gasteiger partial charge < -0.3 is 15.1 Å². The van der Waals surface area contributed by atoms with Crippen LogP contribution < -0.4 is 5.32 Å². The number of carbonyl (C=O) groups is 2. The van der Waals surface area contributed by atoms with Crippen LogP contribution in [0.2, 0.25) is 0 Å². The van der Waals surface area contributed by atoms with Gasteiger partial charge in [0, 0.05) is 50.1 Å². The zero-order valence-electron chi connectivity index (χ0n) is 20.4. The number of nitrogens with zero attached hydrogens (tertiary/aromatic N) is 2. The topological polar surface area (TPSA) is 52.7 Å². The maximum Gasteiger partial charge on any atom is 0.413 e. The molecule has 0 aromatic heterocycles. The lowest BCUT2D eigenvalue weighted by Gasteiger charge is -2.32. The van der Waals surface area contributed by atoms with E-state index in [1.165, 1.54) is 35.2 Å². The Kier molecular flexibility index (Phi) is 6.84. The number of anilines is 1. The Hall–Kier alpha value is -3.03. The van der Waals surface area contributed by atoms with Crippen molar-refractivity contribution in [2.75, 3.05) is 25.5 Å². The first-order chi connectivity index (χ1) is 16.5. The normalized spacial score (nSPS) is 20.0. The van der Waals surface area contributed by atoms with Crippen LogP contribution in [0, 0.1) is 0 Å². The van der Waals surface area contributed by atoms with Gasteiger partial charge >= 0.3 is 6.18 Å². The van der Waals surface area contributed by atoms with Crippen molar-refractivity contribution < 1.29 is 22.8 Å². The zero-order chi connectivity index (χ0) is 25.4. The molecule has 0 spiro atoms. The zero-order valence-corrected chi connectivity index (χ0v) is 20.4. The molecule has 0 saturated carbocycles. The van der Waals surface area contributed by atoms with Crippen LogP contribution in [0.3, 0.4) is 0 Å². The van der Waals surface area contributed by atoms with Gasteiger partial charge in [0.15, 0.2) is 6.04 Å². The fourth-order valence-corrected chi connectivity index (χ4v) is 5.31. The number of likely N-dealkylation sites (tertiary alicyclic amines) is 1. The molecular formula is C27H32F3N3O2. The molecule has 4 rings (SSSR count). The summed E-state index contributed by atoms with van der Waals surface area (Å²) in [5, 5.41) is 3.49. The quantitative estimate of drug-likeness (QED) is 0.593. The van der Waals surface area contributed by atoms with E-state index >= 15 is 0 Å². The van der Waals surface area contributed by atoms with Crippen LogP contribution in [0.15, 0.2) is 48.5 Å². The van der Waals surface area contributed by atoms with Crippen LogP contribution >= 0.6 is 0 Å². The van der Waals surface area contributed by atoms with Crippen LogP contribution in [-0.4, -0.2) is 54.0 Å². The summed E-state index contributed by atoms with van der Waals surface area (Å²) < 4.78 is 42.1. The summed E-state index contributed by atoms with van der Waals surface area (Å²) in [4.78, 5) is 26.7. The Labute approximate surface area is 204 Å². The Morgan fingerprint density at radius 2 is 1.86 bits per heavy atom. The third kappa shape index (κ3) is 5.16. The summed E-state index contributed by atoms with van der Waals surface area (Å²) in [6.07, 6.45) is -2.77. The van der Waals surface area contributed by atoms with Crippen molar-refractivity contribution in [3.05, 3.63) is 65.2 Å². The lowest BCUT2D eigenvalue weighted by atomic mass is 9.83. The molecule has 2 aromatic rings. The SMILES string of the molecule is CN(C(=O)CCN1CCCC1=O)[C@@H](c1ccc(NC2Cc3ccccc3C2(C)C)cc1)C(F)(F)F. The van der Waals surface area contributed by atoms with Gasteiger partial charge in [-0.15, -0.1) is 0 Å². The monoisotopic (exact) mass is 487 g/mol. The highest BCUT2D eigenvalue weighted by molar-refractivity contribution is 5.80. The van der Waals surface area contributed by atoms with Gasteiger partial charge in [0.25, 0.3) is 0 Å². The van der Waals surface area contributed by atoms with E-state index in [2.05, 4.69) is 31.3 Å². The molecule has 1 unspecified atom stereocenters. The highest BCUT2D eigenvalue weighted by Crippen LogP contribution is 2.41. The first-order valence-corrected chi connectivity index (χ1v) is 12.0. The number of amides is 2. The number of halogens is 3. The molecule has 1 N–H and O–H groups in total. The van der Waals surface area contributed by atoms with Crippen LogP contribution in [0.1, 0.15) is 55.8 Å². The average Bonchev–Trinajstić information content (AvgIpc) is 3.32. The van der Waals surface area contributed by atoms with Crippen molar-refractivity contribution in [1.29, 1.82) is 0 Å². The molecule has 2 aromatic carbocycles. The summed E-state index contributed by atoms with van der Waals surface area (Å²) in [6, 6.07) is 12.5. The average molecular weight is 488 g/mol. The highest BCUT2D eigenvalue weighted by atomic mass is 19.4. The van der Waals surface area contributed by atoms with Gasteiger partial charge in [-0.2, -0.15) is 13.2 Å². The first-order valence-electron chi connectivity index (χ1n) is 12.0. The lowest BCUT2D eigenvalue weighted by molar-refractivity contribution is -0.189. The molecule has 5 nitrogen and oxygen atoms in total. The minimum absolute atomic E-state index is 0.00474. The van der Waals surface area contributed by atoms with Crippen LogP contribution in [0.4, 0.5) is 18.9 Å². The summed E-state index contributed by atoms with van der Waals surface area (Å²) >= 11 is 0. The standard InChI is InChI=1S/C27H32F3N3O2/c1-26(2)21-8-5-4-7-19(21)17-22(26)31-20-12-10-18(11-13-20)25(27(28,29)30)32(3)23(34)14-16-33-15-6-9-24(33)35/h4-5,7-8,10-13,22,25,31H,6,9,14-17H2,1-3H3/t22?,25-/m0/s1. The summed E-state index contributed by atoms with van der Waals surface area (Å²) in [5.74, 6) is -0.691. The lowest BCUT2D eigenvalue weighted by Crippen LogP contribution is -2.41. The number of rotatable bonds is 7. The minimum atomic E-state index is -4.63. The van der Waals surface area contributed by atoms with Gasteiger partial charge in [0.05, 0.1) is 0 Å². The van der Waals surface area contributed by atoms with Gasteiger partial charge in [0.1, 0.15) is 0 Å². The van der Waals surface area contributed by atoms with Crippen molar-refractivity contribution in [2.24, 2.45) is 0 Å². The Morgan fingerprint density at radius 1 is 1.17 bits per heavy atom. The summed E-state index contributed by atoms with van der Waals surface area (Å²) in [5.41, 5.74) is 3.18. The molecule has 1 aliphatic heterocycles. The number of hydrogen-bond acceptors (Lipinski definition) is 3. The number of alkyl halides is 3. The molecule has 188 valence electrons. The van der Waals surface area contributed by atoms with Crippen LogP contribution in [0.5, 0.6) is 0 Å². The van der Waals surface area contributed by atoms with Gasteiger partial charge in [-0.05, 0) is 41.7 Å². The maximum absolute atomic E-state index is 14.0. The van der Waals surface area contributed by atoms with Crippen molar-refractivity contribution in [3.8, 4) is 0 Å². The maximum atomic E-state index is 14.0. The molecular weight excluding hydrogens is 455 g/mol. The van der Waals surface area contributed by atoms with E-state index in [9.17, 15) is 22.8 Å². The third-order valence-corrected chi connectivity index (χ3v) is 7.43. The van der Waals surface area contributed by atoms with Gasteiger partial charge in [-0.25, -0.2) is 0 Å². The van der Waals surface area contributed by atoms with Gasteiger partial charge in [-0.1, -0.05) is 50.2 Å². The van der Waals surface area contributed by atoms with Crippen LogP contribution in [-0.2, 0) is 21.4 Å². The number of hydrogen-bond donors (Lipinski definition) is 1. The minimum Gasteiger partial charge on any atom is -0.381 e. The van der Waals surface area contributed by atoms with Crippen molar-refractivity contribution in [1.82, 2.24) is 9.80 Å². The van der Waals surface area contributed by atoms with Crippen LogP contribution in [0.25, 0.3) is 0 Å². The predicted molar refractivity (Wildman–Crippen MR) is 129 cm³/mol. The Morgan fingerprint density at radius 3 is 2.46 bits per heavy atom. The van der Waals surface area contributed by atoms with E-state index in [1.54, 1.807) is 12.1 Å². The second kappa shape index (κ2) is 9.55. The van der Waals surface area contributed by atoms with E-state index in [0.29, 0.717) is 13.0 Å². The number of nitrogens with one attached hydrogen (secondary N) is 1. The highest BCUT2D eigenvalue weighted by Gasteiger charge is 2.45. The van der Waals surface area contributed by atoms with E-state index in [-0.39, 0.29) is 35.9 Å². The largest absolute Gasteiger partial charge is 0.413 e. The molecule has 1 fully saturated rings. The fraction of sp³-hybridized carbons (Fsp3) is 0.481. The van der Waals surface area contributed by atoms with Crippen molar-refractivity contribution in [2.45, 2.75) is 63.2 Å². The smallest absolute Gasteiger partial charge is 0.381 e. The number of carbonyl (C=O) groups excluding carboxylic acids is 2. The van der Waals surface area contributed by atoms with E-state index in [4.69, 9.17) is 0 Å². The molecule has 1 heterocycles. The Bertz CT molecular complexity index is 1080. The predicted octanol–water partition coefficient (Wildman–Crippen LogP) is 5.08. The number of fused-ring (bicyclic) bond motifs is 1. The summed E-state index contributed by atoms with van der Waals surface area (Å²) in [6.45, 7) is 5.03. The molecule has 1 saturated heterocycles. The third-order valence-electron chi connectivity index (χ3n) is 7.43. The second-order valence-electron chi connectivity index (χ2n) is 10.1. The molecule has 1 aliphatic carbocycles. The van der Waals surface area contributed by atoms with Gasteiger partial charge in [0.2, 0.25) is 11.8 Å². The van der Waals surface area contributed by atoms with E-state index in [0.717, 1.165) is 23.4 Å². The molecule has 0 radical (unpaired) electrons. The van der Waals surface area contributed by atoms with Crippen molar-refractivity contribution >= 4 is 17.5 Å². The van der Waals surface area contributed by atoms with Gasteiger partial charge in [-0.3, -0.25) is 9.59 Å². The summed E-state index contributed by atoms with van der Waals surface area (Å²) in [7, 11) is 1.18. The molecule has 2 amide bonds. The Balaban J connectivity index is 1.45. The number of benzene rings is 2. The molecule has 2 atom stereocenters. The first kappa shape index (κ1) is 25.1. The van der Waals surface area contributed by atoms with Crippen molar-refractivity contribution in [3.63, 3.8) is 0 Å². The second-order valence-corrected chi connectivity index (χ2v) is 10.1.